The van der Waals surface area contributed by atoms with Crippen LogP contribution < -0.4 is 0 Å². The molecule has 0 aliphatic heterocycles. The summed E-state index contributed by atoms with van der Waals surface area (Å²) in [6.45, 7) is 3.83. The molecule has 1 atom stereocenters. The quantitative estimate of drug-likeness (QED) is 0.834. The fourth-order valence-corrected chi connectivity index (χ4v) is 1.79. The van der Waals surface area contributed by atoms with Gasteiger partial charge in [0.25, 0.3) is 0 Å². The minimum absolute atomic E-state index is 0.304. The highest BCUT2D eigenvalue weighted by Crippen LogP contribution is 2.18. The highest BCUT2D eigenvalue weighted by Gasteiger charge is 2.17. The van der Waals surface area contributed by atoms with E-state index in [1.54, 1.807) is 6.07 Å². The molecule has 0 saturated heterocycles. The van der Waals surface area contributed by atoms with Crippen LogP contribution in [0.25, 0.3) is 0 Å². The smallest absolute Gasteiger partial charge is 0.306 e. The normalized spacial score (nSPS) is 12.4. The van der Waals surface area contributed by atoms with E-state index in [1.165, 1.54) is 12.1 Å². The zero-order chi connectivity index (χ0) is 12.1. The van der Waals surface area contributed by atoms with Crippen molar-refractivity contribution in [3.8, 4) is 0 Å². The van der Waals surface area contributed by atoms with Gasteiger partial charge in [0.05, 0.1) is 5.92 Å². The Bertz CT molecular complexity index is 374. The maximum absolute atomic E-state index is 13.0. The first kappa shape index (κ1) is 12.7. The van der Waals surface area contributed by atoms with Gasteiger partial charge in [0.1, 0.15) is 5.82 Å². The van der Waals surface area contributed by atoms with Gasteiger partial charge in [-0.25, -0.2) is 4.39 Å². The Morgan fingerprint density at radius 3 is 2.75 bits per heavy atom. The van der Waals surface area contributed by atoms with Crippen molar-refractivity contribution in [2.75, 3.05) is 0 Å². The second-order valence-electron chi connectivity index (χ2n) is 4.10. The number of benzene rings is 1. The maximum atomic E-state index is 13.0. The number of hydrogen-bond donors (Lipinski definition) is 1. The number of aliphatic carboxylic acids is 1. The van der Waals surface area contributed by atoms with Crippen LogP contribution >= 0.6 is 0 Å². The van der Waals surface area contributed by atoms with Crippen molar-refractivity contribution in [2.45, 2.75) is 33.1 Å². The Hall–Kier alpha value is -1.38. The van der Waals surface area contributed by atoms with Crippen molar-refractivity contribution in [3.63, 3.8) is 0 Å². The molecule has 0 heterocycles. The van der Waals surface area contributed by atoms with E-state index in [0.717, 1.165) is 17.5 Å². The molecule has 1 aromatic carbocycles. The summed E-state index contributed by atoms with van der Waals surface area (Å²) in [6, 6.07) is 4.52. The second kappa shape index (κ2) is 5.64. The molecule has 0 radical (unpaired) electrons. The van der Waals surface area contributed by atoms with Gasteiger partial charge in [-0.15, -0.1) is 0 Å². The van der Waals surface area contributed by atoms with Crippen molar-refractivity contribution >= 4 is 5.97 Å². The molecule has 1 N–H and O–H groups in total. The molecule has 1 unspecified atom stereocenters. The van der Waals surface area contributed by atoms with Gasteiger partial charge in [-0.1, -0.05) is 19.4 Å². The first-order valence-electron chi connectivity index (χ1n) is 5.52. The van der Waals surface area contributed by atoms with Crippen LogP contribution in [0, 0.1) is 18.7 Å². The summed E-state index contributed by atoms with van der Waals surface area (Å²) < 4.78 is 13.0. The van der Waals surface area contributed by atoms with Gasteiger partial charge in [-0.2, -0.15) is 0 Å². The number of carboxylic acid groups (broad SMARTS) is 1. The Morgan fingerprint density at radius 2 is 2.19 bits per heavy atom. The Kier molecular flexibility index (Phi) is 4.47. The Balaban J connectivity index is 2.84. The van der Waals surface area contributed by atoms with Crippen LogP contribution in [0.15, 0.2) is 18.2 Å². The summed E-state index contributed by atoms with van der Waals surface area (Å²) in [5.41, 5.74) is 1.74. The van der Waals surface area contributed by atoms with Gasteiger partial charge in [-0.05, 0) is 43.0 Å². The molecule has 0 amide bonds. The molecule has 1 aromatic rings. The van der Waals surface area contributed by atoms with E-state index in [9.17, 15) is 9.18 Å². The predicted octanol–water partition coefficient (Wildman–Crippen LogP) is 3.18. The summed E-state index contributed by atoms with van der Waals surface area (Å²) >= 11 is 0. The third-order valence-electron chi connectivity index (χ3n) is 2.76. The van der Waals surface area contributed by atoms with Crippen LogP contribution in [0.1, 0.15) is 30.9 Å². The SMILES string of the molecule is CCCC(Cc1cc(F)ccc1C)C(=O)O. The van der Waals surface area contributed by atoms with Gasteiger partial charge in [-0.3, -0.25) is 4.79 Å². The number of rotatable bonds is 5. The first-order chi connectivity index (χ1) is 7.54. The number of carbonyl (C=O) groups is 1. The van der Waals surface area contributed by atoms with Gasteiger partial charge >= 0.3 is 5.97 Å². The van der Waals surface area contributed by atoms with Gasteiger partial charge in [0.2, 0.25) is 0 Å². The Labute approximate surface area is 95.1 Å². The largest absolute Gasteiger partial charge is 0.481 e. The molecule has 0 saturated carbocycles. The minimum atomic E-state index is -0.800. The highest BCUT2D eigenvalue weighted by molar-refractivity contribution is 5.70. The van der Waals surface area contributed by atoms with E-state index in [4.69, 9.17) is 5.11 Å². The van der Waals surface area contributed by atoms with Gasteiger partial charge in [0.15, 0.2) is 0 Å². The van der Waals surface area contributed by atoms with Crippen LogP contribution in [0.4, 0.5) is 4.39 Å². The number of halogens is 1. The monoisotopic (exact) mass is 224 g/mol. The lowest BCUT2D eigenvalue weighted by Gasteiger charge is -2.13. The average molecular weight is 224 g/mol. The zero-order valence-electron chi connectivity index (χ0n) is 9.66. The molecular formula is C13H17FO2. The van der Waals surface area contributed by atoms with Crippen LogP contribution in [-0.2, 0) is 11.2 Å². The third kappa shape index (κ3) is 3.33. The molecule has 1 rings (SSSR count). The molecule has 0 fully saturated rings. The van der Waals surface area contributed by atoms with E-state index in [-0.39, 0.29) is 5.82 Å². The number of hydrogen-bond acceptors (Lipinski definition) is 1. The molecule has 0 spiro atoms. The molecule has 0 aromatic heterocycles. The molecule has 88 valence electrons. The maximum Gasteiger partial charge on any atom is 0.306 e. The molecule has 2 nitrogen and oxygen atoms in total. The molecule has 3 heteroatoms. The summed E-state index contributed by atoms with van der Waals surface area (Å²) in [5, 5.41) is 9.03. The van der Waals surface area contributed by atoms with Crippen molar-refractivity contribution in [3.05, 3.63) is 35.1 Å². The highest BCUT2D eigenvalue weighted by atomic mass is 19.1. The van der Waals surface area contributed by atoms with Crippen LogP contribution in [0.5, 0.6) is 0 Å². The molecule has 0 aliphatic rings. The summed E-state index contributed by atoms with van der Waals surface area (Å²) in [5.74, 6) is -1.52. The van der Waals surface area contributed by atoms with E-state index in [1.807, 2.05) is 13.8 Å². The lowest BCUT2D eigenvalue weighted by atomic mass is 9.93. The van der Waals surface area contributed by atoms with E-state index >= 15 is 0 Å². The molecular weight excluding hydrogens is 207 g/mol. The lowest BCUT2D eigenvalue weighted by molar-refractivity contribution is -0.141. The topological polar surface area (TPSA) is 37.3 Å². The second-order valence-corrected chi connectivity index (χ2v) is 4.10. The van der Waals surface area contributed by atoms with E-state index in [2.05, 4.69) is 0 Å². The number of carboxylic acids is 1. The van der Waals surface area contributed by atoms with Crippen LogP contribution in [0.2, 0.25) is 0 Å². The van der Waals surface area contributed by atoms with E-state index in [0.29, 0.717) is 12.8 Å². The predicted molar refractivity (Wildman–Crippen MR) is 60.9 cm³/mol. The van der Waals surface area contributed by atoms with Crippen LogP contribution in [-0.4, -0.2) is 11.1 Å². The summed E-state index contributed by atoms with van der Waals surface area (Å²) in [6.07, 6.45) is 1.86. The fraction of sp³-hybridized carbons (Fsp3) is 0.462. The molecule has 0 bridgehead atoms. The van der Waals surface area contributed by atoms with Crippen molar-refractivity contribution in [1.82, 2.24) is 0 Å². The van der Waals surface area contributed by atoms with Crippen molar-refractivity contribution < 1.29 is 14.3 Å². The average Bonchev–Trinajstić information content (AvgIpc) is 2.22. The molecule has 0 aliphatic carbocycles. The minimum Gasteiger partial charge on any atom is -0.481 e. The van der Waals surface area contributed by atoms with Crippen molar-refractivity contribution in [2.24, 2.45) is 5.92 Å². The van der Waals surface area contributed by atoms with Gasteiger partial charge < -0.3 is 5.11 Å². The van der Waals surface area contributed by atoms with Crippen molar-refractivity contribution in [1.29, 1.82) is 0 Å². The standard InChI is InChI=1S/C13H17FO2/c1-3-4-10(13(15)16)7-11-8-12(14)6-5-9(11)2/h5-6,8,10H,3-4,7H2,1-2H3,(H,15,16). The number of aryl methyl sites for hydroxylation is 1. The first-order valence-corrected chi connectivity index (χ1v) is 5.52. The lowest BCUT2D eigenvalue weighted by Crippen LogP contribution is -2.16. The third-order valence-corrected chi connectivity index (χ3v) is 2.76. The van der Waals surface area contributed by atoms with E-state index < -0.39 is 11.9 Å². The summed E-state index contributed by atoms with van der Waals surface area (Å²) in [7, 11) is 0. The fourth-order valence-electron chi connectivity index (χ4n) is 1.79. The summed E-state index contributed by atoms with van der Waals surface area (Å²) in [4.78, 5) is 11.0. The molecule has 16 heavy (non-hydrogen) atoms. The van der Waals surface area contributed by atoms with Gasteiger partial charge in [0, 0.05) is 0 Å². The van der Waals surface area contributed by atoms with Crippen LogP contribution in [0.3, 0.4) is 0 Å². The zero-order valence-corrected chi connectivity index (χ0v) is 9.66. The Morgan fingerprint density at radius 1 is 1.50 bits per heavy atom.